The Morgan fingerprint density at radius 2 is 1.66 bits per heavy atom. The van der Waals surface area contributed by atoms with Gasteiger partial charge in [-0.2, -0.15) is 0 Å². The topological polar surface area (TPSA) is 106 Å². The van der Waals surface area contributed by atoms with Crippen LogP contribution in [0.2, 0.25) is 0 Å². The Kier molecular flexibility index (Phi) is 5.28. The van der Waals surface area contributed by atoms with Gasteiger partial charge in [-0.3, -0.25) is 19.3 Å². The Hall–Kier alpha value is -3.93. The molecule has 1 aliphatic heterocycles. The number of rotatable bonds is 6. The minimum atomic E-state index is -4.92. The number of carbonyl (C=O) groups excluding carboxylic acids is 2. The maximum absolute atomic E-state index is 13.3. The van der Waals surface area contributed by atoms with Crippen LogP contribution >= 0.6 is 0 Å². The van der Waals surface area contributed by atoms with Crippen LogP contribution in [0, 0.1) is 0 Å². The second-order valence-electron chi connectivity index (χ2n) is 8.01. The van der Waals surface area contributed by atoms with Gasteiger partial charge in [-0.15, -0.1) is 13.2 Å². The van der Waals surface area contributed by atoms with Gasteiger partial charge in [0.15, 0.2) is 0 Å². The van der Waals surface area contributed by atoms with Crippen LogP contribution in [-0.2, 0) is 10.0 Å². The lowest BCUT2D eigenvalue weighted by atomic mass is 9.98. The van der Waals surface area contributed by atoms with Gasteiger partial charge in [0.1, 0.15) is 5.75 Å². The molecule has 3 aromatic rings. The molecule has 2 aromatic carbocycles. The third-order valence-electron chi connectivity index (χ3n) is 5.60. The normalized spacial score (nSPS) is 15.8. The molecular formula is C23H16F3N3O5S. The number of fused-ring (bicyclic) bond motifs is 1. The quantitative estimate of drug-likeness (QED) is 0.498. The molecule has 1 fully saturated rings. The minimum Gasteiger partial charge on any atom is -0.406 e. The van der Waals surface area contributed by atoms with Gasteiger partial charge in [0.05, 0.1) is 33.6 Å². The Labute approximate surface area is 197 Å². The number of nitrogens with one attached hydrogen (secondary N) is 1. The van der Waals surface area contributed by atoms with Gasteiger partial charge in [0.25, 0.3) is 21.8 Å². The molecular weight excluding hydrogens is 487 g/mol. The number of aromatic nitrogens is 1. The first kappa shape index (κ1) is 22.8. The molecule has 2 aliphatic rings. The summed E-state index contributed by atoms with van der Waals surface area (Å²) in [5, 5.41) is 0. The Morgan fingerprint density at radius 3 is 2.26 bits per heavy atom. The summed E-state index contributed by atoms with van der Waals surface area (Å²) < 4.78 is 69.2. The number of anilines is 2. The Bertz CT molecular complexity index is 1440. The zero-order valence-electron chi connectivity index (χ0n) is 17.7. The molecule has 5 rings (SSSR count). The van der Waals surface area contributed by atoms with Gasteiger partial charge < -0.3 is 4.74 Å². The highest BCUT2D eigenvalue weighted by molar-refractivity contribution is 7.92. The van der Waals surface area contributed by atoms with Crippen molar-refractivity contribution in [2.24, 2.45) is 0 Å². The monoisotopic (exact) mass is 503 g/mol. The van der Waals surface area contributed by atoms with Crippen molar-refractivity contribution in [3.63, 3.8) is 0 Å². The minimum absolute atomic E-state index is 0.0798. The van der Waals surface area contributed by atoms with E-state index in [0.29, 0.717) is 5.56 Å². The highest BCUT2D eigenvalue weighted by Gasteiger charge is 2.43. The SMILES string of the molecule is O=C1c2c(NS(=O)(=O)c3ccc(OC(F)(F)F)cc3)ccc(C3CC3)c2C(=O)N1c1cccnc1. The van der Waals surface area contributed by atoms with E-state index in [0.717, 1.165) is 42.0 Å². The van der Waals surface area contributed by atoms with Gasteiger partial charge in [-0.25, -0.2) is 13.3 Å². The molecule has 0 bridgehead atoms. The number of benzene rings is 2. The van der Waals surface area contributed by atoms with E-state index >= 15 is 0 Å². The third-order valence-corrected chi connectivity index (χ3v) is 6.99. The molecule has 0 unspecified atom stereocenters. The van der Waals surface area contributed by atoms with E-state index in [2.05, 4.69) is 14.4 Å². The maximum Gasteiger partial charge on any atom is 0.573 e. The van der Waals surface area contributed by atoms with Crippen molar-refractivity contribution in [1.82, 2.24) is 4.98 Å². The highest BCUT2D eigenvalue weighted by atomic mass is 32.2. The zero-order valence-corrected chi connectivity index (χ0v) is 18.6. The number of ether oxygens (including phenoxy) is 1. The van der Waals surface area contributed by atoms with Crippen molar-refractivity contribution in [2.45, 2.75) is 30.0 Å². The summed E-state index contributed by atoms with van der Waals surface area (Å²) in [4.78, 5) is 31.2. The van der Waals surface area contributed by atoms with Crippen LogP contribution in [0.15, 0.2) is 65.8 Å². The molecule has 1 aliphatic carbocycles. The lowest BCUT2D eigenvalue weighted by Crippen LogP contribution is -2.29. The Morgan fingerprint density at radius 1 is 0.971 bits per heavy atom. The second kappa shape index (κ2) is 8.08. The van der Waals surface area contributed by atoms with Crippen LogP contribution in [-0.4, -0.2) is 31.6 Å². The smallest absolute Gasteiger partial charge is 0.406 e. The van der Waals surface area contributed by atoms with Crippen molar-refractivity contribution in [3.05, 3.63) is 77.6 Å². The van der Waals surface area contributed by atoms with Crippen LogP contribution < -0.4 is 14.4 Å². The molecule has 1 N–H and O–H groups in total. The van der Waals surface area contributed by atoms with E-state index in [4.69, 9.17) is 0 Å². The van der Waals surface area contributed by atoms with E-state index in [1.807, 2.05) is 0 Å². The molecule has 1 saturated carbocycles. The number of sulfonamides is 1. The summed E-state index contributed by atoms with van der Waals surface area (Å²) >= 11 is 0. The number of amides is 2. The van der Waals surface area contributed by atoms with Gasteiger partial charge in [-0.1, -0.05) is 6.07 Å². The van der Waals surface area contributed by atoms with Gasteiger partial charge in [-0.05, 0) is 66.8 Å². The van der Waals surface area contributed by atoms with Crippen molar-refractivity contribution in [3.8, 4) is 5.75 Å². The van der Waals surface area contributed by atoms with Crippen LogP contribution in [0.5, 0.6) is 5.75 Å². The lowest BCUT2D eigenvalue weighted by Gasteiger charge is -2.14. The van der Waals surface area contributed by atoms with Crippen LogP contribution in [0.25, 0.3) is 0 Å². The fourth-order valence-electron chi connectivity index (χ4n) is 3.95. The molecule has 8 nitrogen and oxygen atoms in total. The van der Waals surface area contributed by atoms with Crippen LogP contribution in [0.3, 0.4) is 0 Å². The highest BCUT2D eigenvalue weighted by Crippen LogP contribution is 2.46. The fraction of sp³-hybridized carbons (Fsp3) is 0.174. The van der Waals surface area contributed by atoms with E-state index in [-0.39, 0.29) is 33.3 Å². The Balaban J connectivity index is 1.52. The summed E-state index contributed by atoms with van der Waals surface area (Å²) in [6.45, 7) is 0. The maximum atomic E-state index is 13.3. The summed E-state index contributed by atoms with van der Waals surface area (Å²) in [6.07, 6.45) is -0.388. The number of carbonyl (C=O) groups is 2. The summed E-state index contributed by atoms with van der Waals surface area (Å²) in [7, 11) is -4.32. The molecule has 2 heterocycles. The molecule has 0 radical (unpaired) electrons. The largest absolute Gasteiger partial charge is 0.573 e. The number of imide groups is 1. The van der Waals surface area contributed by atoms with E-state index < -0.39 is 33.9 Å². The molecule has 1 aromatic heterocycles. The standard InChI is InChI=1S/C23H16F3N3O5S/c24-23(25,26)34-15-5-7-16(8-6-15)35(32,33)28-18-10-9-17(13-3-4-13)19-20(18)22(31)29(21(19)30)14-2-1-11-27-12-14/h1-2,5-13,28H,3-4H2. The molecule has 0 spiro atoms. The van der Waals surface area contributed by atoms with Crippen LogP contribution in [0.4, 0.5) is 24.5 Å². The van der Waals surface area contributed by atoms with Gasteiger partial charge in [0.2, 0.25) is 0 Å². The van der Waals surface area contributed by atoms with E-state index in [1.54, 1.807) is 18.2 Å². The summed E-state index contributed by atoms with van der Waals surface area (Å²) in [6, 6.07) is 9.75. The second-order valence-corrected chi connectivity index (χ2v) is 9.69. The van der Waals surface area contributed by atoms with E-state index in [9.17, 15) is 31.2 Å². The number of halogens is 3. The number of hydrogen-bond donors (Lipinski definition) is 1. The molecule has 180 valence electrons. The van der Waals surface area contributed by atoms with Gasteiger partial charge >= 0.3 is 6.36 Å². The first-order valence-electron chi connectivity index (χ1n) is 10.4. The van der Waals surface area contributed by atoms with Crippen molar-refractivity contribution in [2.75, 3.05) is 9.62 Å². The average molecular weight is 503 g/mol. The molecule has 0 atom stereocenters. The number of nitrogens with zero attached hydrogens (tertiary/aromatic N) is 2. The number of alkyl halides is 3. The third kappa shape index (κ3) is 4.32. The molecule has 12 heteroatoms. The molecule has 2 amide bonds. The van der Waals surface area contributed by atoms with Crippen molar-refractivity contribution >= 4 is 33.2 Å². The van der Waals surface area contributed by atoms with E-state index in [1.165, 1.54) is 18.5 Å². The first-order valence-corrected chi connectivity index (χ1v) is 11.9. The number of pyridine rings is 1. The fourth-order valence-corrected chi connectivity index (χ4v) is 5.02. The number of hydrogen-bond acceptors (Lipinski definition) is 6. The summed E-state index contributed by atoms with van der Waals surface area (Å²) in [5.41, 5.74) is 0.861. The van der Waals surface area contributed by atoms with Gasteiger partial charge in [0, 0.05) is 6.20 Å². The molecule has 0 saturated heterocycles. The lowest BCUT2D eigenvalue weighted by molar-refractivity contribution is -0.274. The molecule has 35 heavy (non-hydrogen) atoms. The summed E-state index contributed by atoms with van der Waals surface area (Å²) in [5.74, 6) is -1.76. The van der Waals surface area contributed by atoms with Crippen molar-refractivity contribution in [1.29, 1.82) is 0 Å². The zero-order chi connectivity index (χ0) is 25.0. The predicted molar refractivity (Wildman–Crippen MR) is 118 cm³/mol. The van der Waals surface area contributed by atoms with Crippen LogP contribution in [0.1, 0.15) is 45.0 Å². The first-order chi connectivity index (χ1) is 16.5. The predicted octanol–water partition coefficient (Wildman–Crippen LogP) is 4.46. The average Bonchev–Trinajstić information content (AvgIpc) is 3.60. The van der Waals surface area contributed by atoms with Crippen molar-refractivity contribution < 1.29 is 35.9 Å².